The summed E-state index contributed by atoms with van der Waals surface area (Å²) in [5.41, 5.74) is 1.31. The zero-order valence-corrected chi connectivity index (χ0v) is 11.2. The van der Waals surface area contributed by atoms with Crippen LogP contribution in [0.25, 0.3) is 0 Å². The molecule has 0 spiro atoms. The number of hydrogen-bond donors (Lipinski definition) is 1. The zero-order valence-electron chi connectivity index (χ0n) is 10.4. The highest BCUT2D eigenvalue weighted by Crippen LogP contribution is 2.14. The van der Waals surface area contributed by atoms with Crippen LogP contribution in [0.3, 0.4) is 0 Å². The lowest BCUT2D eigenvalue weighted by atomic mass is 10.1. The highest BCUT2D eigenvalue weighted by molar-refractivity contribution is 7.10. The molecule has 0 saturated carbocycles. The van der Waals surface area contributed by atoms with E-state index in [1.807, 2.05) is 4.90 Å². The molecule has 94 valence electrons. The topological polar surface area (TPSA) is 32.3 Å². The number of thiophene rings is 1. The Kier molecular flexibility index (Phi) is 4.57. The van der Waals surface area contributed by atoms with E-state index in [1.165, 1.54) is 16.9 Å². The van der Waals surface area contributed by atoms with E-state index in [0.717, 1.165) is 32.5 Å². The van der Waals surface area contributed by atoms with E-state index in [4.69, 9.17) is 0 Å². The average Bonchev–Trinajstić information content (AvgIpc) is 2.76. The maximum Gasteiger partial charge on any atom is 0.236 e. The smallest absolute Gasteiger partial charge is 0.236 e. The molecule has 0 radical (unpaired) electrons. The minimum Gasteiger partial charge on any atom is -0.342 e. The van der Waals surface area contributed by atoms with Crippen LogP contribution in [0.4, 0.5) is 0 Å². The fourth-order valence-corrected chi connectivity index (χ4v) is 3.00. The molecule has 0 atom stereocenters. The molecule has 0 aromatic carbocycles. The van der Waals surface area contributed by atoms with Gasteiger partial charge in [0, 0.05) is 24.5 Å². The fraction of sp³-hybridized carbons (Fsp3) is 0.615. The molecule has 17 heavy (non-hydrogen) atoms. The quantitative estimate of drug-likeness (QED) is 0.890. The van der Waals surface area contributed by atoms with Gasteiger partial charge < -0.3 is 10.2 Å². The number of aryl methyl sites for hydroxylation is 1. The maximum atomic E-state index is 11.9. The van der Waals surface area contributed by atoms with Crippen molar-refractivity contribution < 1.29 is 4.79 Å². The predicted molar refractivity (Wildman–Crippen MR) is 71.2 cm³/mol. The third-order valence-corrected chi connectivity index (χ3v) is 4.26. The van der Waals surface area contributed by atoms with Crippen LogP contribution in [0, 0.1) is 6.92 Å². The number of nitrogens with one attached hydrogen (secondary N) is 1. The van der Waals surface area contributed by atoms with E-state index in [9.17, 15) is 4.79 Å². The summed E-state index contributed by atoms with van der Waals surface area (Å²) >= 11 is 1.75. The van der Waals surface area contributed by atoms with Crippen molar-refractivity contribution in [1.82, 2.24) is 10.2 Å². The Morgan fingerprint density at radius 2 is 2.18 bits per heavy atom. The molecular formula is C13H20N2OS. The molecule has 1 fully saturated rings. The van der Waals surface area contributed by atoms with Gasteiger partial charge in [-0.15, -0.1) is 11.3 Å². The molecule has 0 aliphatic carbocycles. The van der Waals surface area contributed by atoms with Gasteiger partial charge in [0.15, 0.2) is 0 Å². The van der Waals surface area contributed by atoms with Crippen molar-refractivity contribution in [3.05, 3.63) is 21.9 Å². The van der Waals surface area contributed by atoms with Gasteiger partial charge in [0.25, 0.3) is 0 Å². The molecule has 1 aromatic rings. The van der Waals surface area contributed by atoms with Crippen LogP contribution >= 0.6 is 11.3 Å². The number of amides is 1. The standard InChI is InChI=1S/C13H20N2OS/c1-11-5-8-17-12(11)9-14-10-13(16)15-6-3-2-4-7-15/h5,8,14H,2-4,6-7,9-10H2,1H3. The van der Waals surface area contributed by atoms with E-state index in [2.05, 4.69) is 23.7 Å². The second-order valence-corrected chi connectivity index (χ2v) is 5.57. The Bertz CT molecular complexity index is 369. The lowest BCUT2D eigenvalue weighted by molar-refractivity contribution is -0.131. The monoisotopic (exact) mass is 252 g/mol. The van der Waals surface area contributed by atoms with Crippen LogP contribution in [0.1, 0.15) is 29.7 Å². The van der Waals surface area contributed by atoms with Crippen LogP contribution in [-0.4, -0.2) is 30.4 Å². The third kappa shape index (κ3) is 3.54. The molecule has 0 bridgehead atoms. The first-order valence-corrected chi connectivity index (χ1v) is 7.17. The normalized spacial score (nSPS) is 16.2. The first-order chi connectivity index (χ1) is 8.27. The Hall–Kier alpha value is -0.870. The summed E-state index contributed by atoms with van der Waals surface area (Å²) in [6, 6.07) is 2.12. The second kappa shape index (κ2) is 6.17. The summed E-state index contributed by atoms with van der Waals surface area (Å²) in [6.45, 7) is 5.28. The second-order valence-electron chi connectivity index (χ2n) is 4.57. The van der Waals surface area contributed by atoms with Gasteiger partial charge in [0.05, 0.1) is 6.54 Å². The van der Waals surface area contributed by atoms with Crippen LogP contribution in [-0.2, 0) is 11.3 Å². The molecule has 4 heteroatoms. The van der Waals surface area contributed by atoms with Crippen LogP contribution < -0.4 is 5.32 Å². The van der Waals surface area contributed by atoms with Crippen molar-refractivity contribution in [2.75, 3.05) is 19.6 Å². The molecule has 1 amide bonds. The Morgan fingerprint density at radius 1 is 1.41 bits per heavy atom. The van der Waals surface area contributed by atoms with Gasteiger partial charge in [0.1, 0.15) is 0 Å². The lowest BCUT2D eigenvalue weighted by Gasteiger charge is -2.26. The first kappa shape index (κ1) is 12.6. The Morgan fingerprint density at radius 3 is 2.82 bits per heavy atom. The molecule has 1 aliphatic heterocycles. The number of piperidine rings is 1. The van der Waals surface area contributed by atoms with Gasteiger partial charge >= 0.3 is 0 Å². The molecule has 0 unspecified atom stereocenters. The summed E-state index contributed by atoms with van der Waals surface area (Å²) in [5.74, 6) is 0.249. The van der Waals surface area contributed by atoms with Crippen molar-refractivity contribution in [2.24, 2.45) is 0 Å². The van der Waals surface area contributed by atoms with E-state index in [0.29, 0.717) is 6.54 Å². The first-order valence-electron chi connectivity index (χ1n) is 6.29. The van der Waals surface area contributed by atoms with Crippen molar-refractivity contribution in [1.29, 1.82) is 0 Å². The van der Waals surface area contributed by atoms with E-state index in [-0.39, 0.29) is 5.91 Å². The van der Waals surface area contributed by atoms with Gasteiger partial charge in [-0.05, 0) is 43.2 Å². The average molecular weight is 252 g/mol. The molecule has 2 rings (SSSR count). The van der Waals surface area contributed by atoms with Gasteiger partial charge in [-0.25, -0.2) is 0 Å². The van der Waals surface area contributed by atoms with Gasteiger partial charge in [0.2, 0.25) is 5.91 Å². The number of rotatable bonds is 4. The molecule has 1 aromatic heterocycles. The van der Waals surface area contributed by atoms with E-state index in [1.54, 1.807) is 11.3 Å². The minimum absolute atomic E-state index is 0.249. The molecule has 2 heterocycles. The summed E-state index contributed by atoms with van der Waals surface area (Å²) < 4.78 is 0. The highest BCUT2D eigenvalue weighted by atomic mass is 32.1. The van der Waals surface area contributed by atoms with E-state index >= 15 is 0 Å². The zero-order chi connectivity index (χ0) is 12.1. The van der Waals surface area contributed by atoms with Crippen molar-refractivity contribution in [3.63, 3.8) is 0 Å². The van der Waals surface area contributed by atoms with Crippen molar-refractivity contribution >= 4 is 17.2 Å². The Balaban J connectivity index is 1.71. The maximum absolute atomic E-state index is 11.9. The SMILES string of the molecule is Cc1ccsc1CNCC(=O)N1CCCCC1. The van der Waals surface area contributed by atoms with Crippen molar-refractivity contribution in [3.8, 4) is 0 Å². The molecule has 3 nitrogen and oxygen atoms in total. The van der Waals surface area contributed by atoms with E-state index < -0.39 is 0 Å². The summed E-state index contributed by atoms with van der Waals surface area (Å²) in [5, 5.41) is 5.34. The largest absolute Gasteiger partial charge is 0.342 e. The fourth-order valence-electron chi connectivity index (χ4n) is 2.12. The molecule has 1 N–H and O–H groups in total. The summed E-state index contributed by atoms with van der Waals surface area (Å²) in [6.07, 6.45) is 3.59. The van der Waals surface area contributed by atoms with Crippen LogP contribution in [0.2, 0.25) is 0 Å². The minimum atomic E-state index is 0.249. The molecule has 1 aliphatic rings. The van der Waals surface area contributed by atoms with Gasteiger partial charge in [-0.1, -0.05) is 0 Å². The summed E-state index contributed by atoms with van der Waals surface area (Å²) in [4.78, 5) is 15.2. The lowest BCUT2D eigenvalue weighted by Crippen LogP contribution is -2.40. The number of carbonyl (C=O) groups excluding carboxylic acids is 1. The van der Waals surface area contributed by atoms with Gasteiger partial charge in [-0.2, -0.15) is 0 Å². The van der Waals surface area contributed by atoms with Crippen LogP contribution in [0.5, 0.6) is 0 Å². The van der Waals surface area contributed by atoms with Gasteiger partial charge in [-0.3, -0.25) is 4.79 Å². The molecular weight excluding hydrogens is 232 g/mol. The van der Waals surface area contributed by atoms with Crippen LogP contribution in [0.15, 0.2) is 11.4 Å². The Labute approximate surface area is 107 Å². The number of carbonyl (C=O) groups is 1. The molecule has 1 saturated heterocycles. The number of likely N-dealkylation sites (tertiary alicyclic amines) is 1. The highest BCUT2D eigenvalue weighted by Gasteiger charge is 2.15. The number of nitrogens with zero attached hydrogens (tertiary/aromatic N) is 1. The predicted octanol–water partition coefficient (Wildman–Crippen LogP) is 2.16. The van der Waals surface area contributed by atoms with Crippen molar-refractivity contribution in [2.45, 2.75) is 32.7 Å². The third-order valence-electron chi connectivity index (χ3n) is 3.24. The summed E-state index contributed by atoms with van der Waals surface area (Å²) in [7, 11) is 0. The number of hydrogen-bond acceptors (Lipinski definition) is 3.